The second-order valence-corrected chi connectivity index (χ2v) is 15.8. The zero-order valence-corrected chi connectivity index (χ0v) is 32.5. The number of hydrogen-bond acceptors (Lipinski definition) is 7. The summed E-state index contributed by atoms with van der Waals surface area (Å²) in [6.45, 7) is 8.04. The summed E-state index contributed by atoms with van der Waals surface area (Å²) in [6.07, 6.45) is 8.10. The minimum Gasteiger partial charge on any atom is -1.00 e. The second kappa shape index (κ2) is 17.5. The predicted molar refractivity (Wildman–Crippen MR) is 203 cm³/mol. The molecule has 53 heavy (non-hydrogen) atoms. The summed E-state index contributed by atoms with van der Waals surface area (Å²) in [5, 5.41) is 37.2. The van der Waals surface area contributed by atoms with Crippen LogP contribution in [0.15, 0.2) is 83.7 Å². The molecule has 5 N–H and O–H groups in total. The summed E-state index contributed by atoms with van der Waals surface area (Å²) in [4.78, 5) is 14.4. The van der Waals surface area contributed by atoms with Crippen molar-refractivity contribution in [3.8, 4) is 11.5 Å². The maximum absolute atomic E-state index is 12.0. The molecule has 9 nitrogen and oxygen atoms in total. The van der Waals surface area contributed by atoms with Gasteiger partial charge in [0.25, 0.3) is 0 Å². The number of pyridine rings is 1. The lowest BCUT2D eigenvalue weighted by molar-refractivity contribution is -0.946. The molecule has 1 saturated carbocycles. The van der Waals surface area contributed by atoms with Crippen LogP contribution < -0.4 is 32.6 Å². The molecule has 3 aromatic carbocycles. The number of aromatic nitrogens is 1. The fourth-order valence-electron chi connectivity index (χ4n) is 9.24. The number of aliphatic hydroxyl groups is 2. The van der Waals surface area contributed by atoms with Gasteiger partial charge < -0.3 is 56.6 Å². The highest BCUT2D eigenvalue weighted by Gasteiger charge is 2.48. The minimum atomic E-state index is -0.913. The number of phenolic OH excluding ortho intramolecular Hbond substituents is 1. The molecule has 0 radical (unpaired) electrons. The summed E-state index contributed by atoms with van der Waals surface area (Å²) in [5.74, 6) is 1.71. The molecule has 4 aromatic rings. The SMILES string of the molecule is C[C@@H](Cc1ccc(OCCC[N+]23CCC(CC2)[C@@H](OC[C@@](O)(c2ccccc2)C2CCCC2)C3)cc1)NC[C@H](O)c1ccc(O)c2[nH]c(=O)ccc12.[Br-]. The van der Waals surface area contributed by atoms with E-state index >= 15 is 0 Å². The van der Waals surface area contributed by atoms with Crippen molar-refractivity contribution in [2.45, 2.75) is 82.1 Å². The number of H-pyrrole nitrogens is 1. The Labute approximate surface area is 323 Å². The Bertz CT molecular complexity index is 1820. The van der Waals surface area contributed by atoms with Crippen LogP contribution in [-0.2, 0) is 16.8 Å². The molecule has 10 heteroatoms. The number of aromatic hydroxyl groups is 1. The minimum absolute atomic E-state index is 0. The van der Waals surface area contributed by atoms with Crippen LogP contribution in [0.5, 0.6) is 11.5 Å². The summed E-state index contributed by atoms with van der Waals surface area (Å²) >= 11 is 0. The van der Waals surface area contributed by atoms with E-state index in [1.807, 2.05) is 30.3 Å². The molecular formula is C43H56BrN3O6. The Kier molecular flexibility index (Phi) is 13.0. The first-order valence-corrected chi connectivity index (χ1v) is 19.4. The predicted octanol–water partition coefficient (Wildman–Crippen LogP) is 2.96. The van der Waals surface area contributed by atoms with Crippen LogP contribution in [0.2, 0.25) is 0 Å². The Morgan fingerprint density at radius 1 is 0.962 bits per heavy atom. The van der Waals surface area contributed by atoms with Crippen molar-refractivity contribution in [2.24, 2.45) is 11.8 Å². The van der Waals surface area contributed by atoms with E-state index in [4.69, 9.17) is 9.47 Å². The number of phenols is 1. The molecule has 0 spiro atoms. The van der Waals surface area contributed by atoms with Crippen molar-refractivity contribution in [2.75, 3.05) is 45.9 Å². The molecule has 2 bridgehead atoms. The average molecular weight is 791 g/mol. The van der Waals surface area contributed by atoms with E-state index in [0.717, 1.165) is 54.6 Å². The molecule has 3 aliphatic heterocycles. The van der Waals surface area contributed by atoms with Gasteiger partial charge in [-0.05, 0) is 73.1 Å². The Morgan fingerprint density at radius 2 is 1.70 bits per heavy atom. The maximum Gasteiger partial charge on any atom is 0.248 e. The van der Waals surface area contributed by atoms with Gasteiger partial charge >= 0.3 is 0 Å². The number of aromatic amines is 1. The summed E-state index contributed by atoms with van der Waals surface area (Å²) in [5.41, 5.74) is 1.96. The van der Waals surface area contributed by atoms with E-state index < -0.39 is 11.7 Å². The lowest BCUT2D eigenvalue weighted by Gasteiger charge is -2.53. The normalized spacial score (nSPS) is 23.7. The van der Waals surface area contributed by atoms with Crippen LogP contribution in [0.4, 0.5) is 0 Å². The number of hydrogen-bond donors (Lipinski definition) is 5. The van der Waals surface area contributed by atoms with Crippen molar-refractivity contribution in [3.63, 3.8) is 0 Å². The van der Waals surface area contributed by atoms with Crippen molar-refractivity contribution >= 4 is 10.9 Å². The number of ether oxygens (including phenoxy) is 2. The topological polar surface area (TPSA) is 124 Å². The largest absolute Gasteiger partial charge is 1.00 e. The van der Waals surface area contributed by atoms with Gasteiger partial charge in [0.05, 0.1) is 44.5 Å². The second-order valence-electron chi connectivity index (χ2n) is 15.8. The van der Waals surface area contributed by atoms with Gasteiger partial charge in [-0.2, -0.15) is 0 Å². The van der Waals surface area contributed by atoms with Crippen molar-refractivity contribution < 1.29 is 46.3 Å². The molecule has 4 heterocycles. The summed E-state index contributed by atoms with van der Waals surface area (Å²) in [7, 11) is 0. The molecule has 1 aromatic heterocycles. The van der Waals surface area contributed by atoms with Gasteiger partial charge in [0, 0.05) is 49.2 Å². The van der Waals surface area contributed by atoms with Gasteiger partial charge in [-0.3, -0.25) is 4.79 Å². The Hall–Kier alpha value is -3.25. The standard InChI is InChI=1S/C43H55N3O6.BrH/c1-30(44-27-39(48)36-16-18-38(47)42-37(36)17-19-41(49)45-42)26-31-12-14-35(15-13-31)51-25-7-22-46-23-20-32(21-24-46)40(28-46)52-29-43(50,34-10-5-6-11-34)33-8-3-2-4-9-33;/h2-4,8-9,12-19,30,32,34,39-40,44,48,50H,5-7,10-11,20-29H2,1H3,(H-,45,47,49);1H/t30-,32?,39-,40-,43+,46?;/m0./s1. The van der Waals surface area contributed by atoms with Crippen LogP contribution in [0.3, 0.4) is 0 Å². The van der Waals surface area contributed by atoms with Crippen LogP contribution in [0.1, 0.15) is 74.7 Å². The first-order valence-electron chi connectivity index (χ1n) is 19.4. The van der Waals surface area contributed by atoms with Gasteiger partial charge in [0.2, 0.25) is 5.56 Å². The van der Waals surface area contributed by atoms with Gasteiger partial charge in [0.1, 0.15) is 29.7 Å². The number of benzene rings is 3. The number of halogens is 1. The Morgan fingerprint density at radius 3 is 2.43 bits per heavy atom. The number of rotatable bonds is 16. The molecule has 4 fully saturated rings. The molecule has 1 aliphatic carbocycles. The highest BCUT2D eigenvalue weighted by molar-refractivity contribution is 5.87. The molecule has 286 valence electrons. The molecule has 0 unspecified atom stereocenters. The van der Waals surface area contributed by atoms with E-state index in [2.05, 4.69) is 41.5 Å². The van der Waals surface area contributed by atoms with Crippen molar-refractivity contribution in [1.82, 2.24) is 10.3 Å². The zero-order valence-electron chi connectivity index (χ0n) is 30.9. The van der Waals surface area contributed by atoms with E-state index in [1.54, 1.807) is 12.1 Å². The van der Waals surface area contributed by atoms with E-state index in [1.165, 1.54) is 56.5 Å². The summed E-state index contributed by atoms with van der Waals surface area (Å²) in [6, 6.07) is 24.9. The van der Waals surface area contributed by atoms with Gasteiger partial charge in [-0.1, -0.05) is 61.4 Å². The highest BCUT2D eigenvalue weighted by atomic mass is 79.9. The number of quaternary nitrogens is 1. The quantitative estimate of drug-likeness (QED) is 0.0875. The monoisotopic (exact) mass is 789 g/mol. The molecule has 3 saturated heterocycles. The number of nitrogens with one attached hydrogen (secondary N) is 2. The third-order valence-corrected chi connectivity index (χ3v) is 12.3. The van der Waals surface area contributed by atoms with Crippen molar-refractivity contribution in [1.29, 1.82) is 0 Å². The molecular weight excluding hydrogens is 734 g/mol. The third kappa shape index (κ3) is 9.18. The summed E-state index contributed by atoms with van der Waals surface area (Å²) < 4.78 is 14.0. The van der Waals surface area contributed by atoms with Gasteiger partial charge in [-0.25, -0.2) is 0 Å². The molecule has 0 amide bonds. The number of aliphatic hydroxyl groups excluding tert-OH is 1. The highest BCUT2D eigenvalue weighted by Crippen LogP contribution is 2.43. The smallest absolute Gasteiger partial charge is 0.248 e. The van der Waals surface area contributed by atoms with Crippen LogP contribution >= 0.6 is 0 Å². The van der Waals surface area contributed by atoms with Gasteiger partial charge in [0.15, 0.2) is 0 Å². The maximum atomic E-state index is 12.0. The zero-order chi connectivity index (χ0) is 36.1. The number of fused-ring (bicyclic) bond motifs is 4. The average Bonchev–Trinajstić information content (AvgIpc) is 3.73. The fraction of sp³-hybridized carbons (Fsp3) is 0.512. The van der Waals surface area contributed by atoms with Crippen molar-refractivity contribution in [3.05, 3.63) is 106 Å². The molecule has 8 rings (SSSR count). The first-order chi connectivity index (χ1) is 25.2. The van der Waals surface area contributed by atoms with Crippen LogP contribution in [0, 0.1) is 11.8 Å². The molecule has 4 aliphatic rings. The van der Waals surface area contributed by atoms with E-state index in [0.29, 0.717) is 42.1 Å². The first kappa shape index (κ1) is 39.4. The lowest BCUT2D eigenvalue weighted by Crippen LogP contribution is -3.00. The van der Waals surface area contributed by atoms with Crippen LogP contribution in [0.25, 0.3) is 10.9 Å². The van der Waals surface area contributed by atoms with E-state index in [9.17, 15) is 20.1 Å². The van der Waals surface area contributed by atoms with Gasteiger partial charge in [-0.15, -0.1) is 0 Å². The number of nitrogens with zero attached hydrogens (tertiary/aromatic N) is 1. The fourth-order valence-corrected chi connectivity index (χ4v) is 9.24. The lowest BCUT2D eigenvalue weighted by atomic mass is 9.80. The van der Waals surface area contributed by atoms with Crippen LogP contribution in [-0.4, -0.2) is 82.9 Å². The third-order valence-electron chi connectivity index (χ3n) is 12.3. The molecule has 4 atom stereocenters. The Balaban J connectivity index is 0.00000481. The number of piperidine rings is 3. The van der Waals surface area contributed by atoms with E-state index in [-0.39, 0.29) is 46.4 Å².